The van der Waals surface area contributed by atoms with Crippen molar-refractivity contribution in [2.24, 2.45) is 5.92 Å². The molecule has 2 fully saturated rings. The lowest BCUT2D eigenvalue weighted by molar-refractivity contribution is -0.155. The Morgan fingerprint density at radius 3 is 2.47 bits per heavy atom. The maximum Gasteiger partial charge on any atom is 0.252 e. The van der Waals surface area contributed by atoms with Crippen LogP contribution in [-0.2, 0) is 14.3 Å². The number of nitrogens with zero attached hydrogens (tertiary/aromatic N) is 1. The molecule has 98 valence electrons. The van der Waals surface area contributed by atoms with Gasteiger partial charge in [-0.1, -0.05) is 0 Å². The van der Waals surface area contributed by atoms with Crippen molar-refractivity contribution in [2.75, 3.05) is 19.8 Å². The minimum atomic E-state index is -0.321. The van der Waals surface area contributed by atoms with Crippen LogP contribution in [0.4, 0.5) is 0 Å². The number of carbonyl (C=O) groups is 1. The van der Waals surface area contributed by atoms with Gasteiger partial charge in [-0.05, 0) is 39.5 Å². The number of morpholine rings is 1. The molecule has 1 aliphatic carbocycles. The summed E-state index contributed by atoms with van der Waals surface area (Å²) in [5.41, 5.74) is 0. The van der Waals surface area contributed by atoms with Crippen molar-refractivity contribution in [1.82, 2.24) is 4.90 Å². The summed E-state index contributed by atoms with van der Waals surface area (Å²) in [6.07, 6.45) is 2.19. The fraction of sp³-hybridized carbons (Fsp3) is 0.923. The van der Waals surface area contributed by atoms with Gasteiger partial charge in [-0.2, -0.15) is 0 Å². The van der Waals surface area contributed by atoms with E-state index >= 15 is 0 Å². The summed E-state index contributed by atoms with van der Waals surface area (Å²) < 4.78 is 11.1. The van der Waals surface area contributed by atoms with Crippen molar-refractivity contribution in [1.29, 1.82) is 0 Å². The van der Waals surface area contributed by atoms with Gasteiger partial charge in [0, 0.05) is 0 Å². The van der Waals surface area contributed by atoms with Gasteiger partial charge in [-0.15, -0.1) is 0 Å². The van der Waals surface area contributed by atoms with E-state index in [1.807, 2.05) is 25.7 Å². The Morgan fingerprint density at radius 2 is 1.94 bits per heavy atom. The molecule has 3 atom stereocenters. The third kappa shape index (κ3) is 3.19. The van der Waals surface area contributed by atoms with Crippen LogP contribution in [0.25, 0.3) is 0 Å². The van der Waals surface area contributed by atoms with Crippen LogP contribution in [0.3, 0.4) is 0 Å². The van der Waals surface area contributed by atoms with Gasteiger partial charge in [-0.25, -0.2) is 0 Å². The van der Waals surface area contributed by atoms with Crippen molar-refractivity contribution >= 4 is 5.91 Å². The van der Waals surface area contributed by atoms with E-state index in [0.717, 1.165) is 6.61 Å². The molecule has 0 unspecified atom stereocenters. The fourth-order valence-corrected chi connectivity index (χ4v) is 2.28. The van der Waals surface area contributed by atoms with E-state index in [1.165, 1.54) is 12.8 Å². The first-order valence-electron chi connectivity index (χ1n) is 6.61. The third-order valence-electron chi connectivity index (χ3n) is 3.55. The highest BCUT2D eigenvalue weighted by Gasteiger charge is 2.33. The standard InChI is InChI=1S/C13H23NO3/c1-9-6-16-7-10(2)14(9)13(15)11(3)17-8-12-4-5-12/h9-12H,4-8H2,1-3H3/t9-,10-,11-/m0/s1. The monoisotopic (exact) mass is 241 g/mol. The number of amides is 1. The van der Waals surface area contributed by atoms with Crippen LogP contribution in [0.2, 0.25) is 0 Å². The van der Waals surface area contributed by atoms with Gasteiger partial charge >= 0.3 is 0 Å². The number of hydrogen-bond donors (Lipinski definition) is 0. The zero-order valence-corrected chi connectivity index (χ0v) is 11.0. The highest BCUT2D eigenvalue weighted by Crippen LogP contribution is 2.29. The maximum absolute atomic E-state index is 12.3. The Morgan fingerprint density at radius 1 is 1.35 bits per heavy atom. The number of carbonyl (C=O) groups excluding carboxylic acids is 1. The Labute approximate surface area is 103 Å². The van der Waals surface area contributed by atoms with Crippen molar-refractivity contribution < 1.29 is 14.3 Å². The summed E-state index contributed by atoms with van der Waals surface area (Å²) >= 11 is 0. The zero-order valence-electron chi connectivity index (χ0n) is 11.0. The molecule has 0 radical (unpaired) electrons. The first-order valence-corrected chi connectivity index (χ1v) is 6.61. The molecular formula is C13H23NO3. The first-order chi connectivity index (χ1) is 8.09. The normalized spacial score (nSPS) is 31.4. The second-order valence-electron chi connectivity index (χ2n) is 5.40. The molecule has 0 aromatic heterocycles. The topological polar surface area (TPSA) is 38.8 Å². The van der Waals surface area contributed by atoms with E-state index in [2.05, 4.69) is 0 Å². The van der Waals surface area contributed by atoms with Crippen molar-refractivity contribution in [3.8, 4) is 0 Å². The van der Waals surface area contributed by atoms with E-state index in [0.29, 0.717) is 19.1 Å². The molecule has 1 saturated heterocycles. The zero-order chi connectivity index (χ0) is 12.4. The summed E-state index contributed by atoms with van der Waals surface area (Å²) in [5, 5.41) is 0. The van der Waals surface area contributed by atoms with Gasteiger partial charge in [-0.3, -0.25) is 4.79 Å². The van der Waals surface area contributed by atoms with Crippen molar-refractivity contribution in [3.05, 3.63) is 0 Å². The smallest absolute Gasteiger partial charge is 0.252 e. The predicted molar refractivity (Wildman–Crippen MR) is 64.7 cm³/mol. The molecule has 1 saturated carbocycles. The lowest BCUT2D eigenvalue weighted by Crippen LogP contribution is -2.55. The SMILES string of the molecule is C[C@H](OCC1CC1)C(=O)N1[C@@H](C)COC[C@@H]1C. The van der Waals surface area contributed by atoms with Crippen molar-refractivity contribution in [2.45, 2.75) is 51.8 Å². The van der Waals surface area contributed by atoms with Gasteiger partial charge in [0.1, 0.15) is 6.10 Å². The summed E-state index contributed by atoms with van der Waals surface area (Å²) in [4.78, 5) is 14.2. The van der Waals surface area contributed by atoms with Gasteiger partial charge in [0.25, 0.3) is 5.91 Å². The molecule has 2 rings (SSSR count). The number of hydrogen-bond acceptors (Lipinski definition) is 3. The van der Waals surface area contributed by atoms with Crippen LogP contribution < -0.4 is 0 Å². The predicted octanol–water partition coefficient (Wildman–Crippen LogP) is 1.44. The first kappa shape index (κ1) is 12.8. The summed E-state index contributed by atoms with van der Waals surface area (Å²) in [6.45, 7) is 7.92. The van der Waals surface area contributed by atoms with E-state index in [1.54, 1.807) is 0 Å². The lowest BCUT2D eigenvalue weighted by atomic mass is 10.1. The van der Waals surface area contributed by atoms with E-state index < -0.39 is 0 Å². The van der Waals surface area contributed by atoms with Gasteiger partial charge < -0.3 is 14.4 Å². The largest absolute Gasteiger partial charge is 0.377 e. The average Bonchev–Trinajstić information content (AvgIpc) is 3.09. The molecule has 1 amide bonds. The van der Waals surface area contributed by atoms with Crippen LogP contribution in [0.1, 0.15) is 33.6 Å². The molecule has 0 spiro atoms. The van der Waals surface area contributed by atoms with E-state index in [-0.39, 0.29) is 24.1 Å². The Kier molecular flexibility index (Phi) is 4.05. The molecule has 0 N–H and O–H groups in total. The molecule has 0 aromatic rings. The summed E-state index contributed by atoms with van der Waals surface area (Å²) in [6, 6.07) is 0.302. The molecule has 1 aliphatic heterocycles. The molecule has 0 bridgehead atoms. The summed E-state index contributed by atoms with van der Waals surface area (Å²) in [5.74, 6) is 0.804. The fourth-order valence-electron chi connectivity index (χ4n) is 2.28. The van der Waals surface area contributed by atoms with Gasteiger partial charge in [0.15, 0.2) is 0 Å². The van der Waals surface area contributed by atoms with Crippen LogP contribution >= 0.6 is 0 Å². The Balaban J connectivity index is 1.86. The molecular weight excluding hydrogens is 218 g/mol. The second-order valence-corrected chi connectivity index (χ2v) is 5.40. The molecule has 4 nitrogen and oxygen atoms in total. The molecule has 4 heteroatoms. The second kappa shape index (κ2) is 5.36. The Bertz CT molecular complexity index is 268. The molecule has 2 aliphatic rings. The Hall–Kier alpha value is -0.610. The van der Waals surface area contributed by atoms with Crippen LogP contribution in [0, 0.1) is 5.92 Å². The minimum Gasteiger partial charge on any atom is -0.377 e. The number of ether oxygens (including phenoxy) is 2. The highest BCUT2D eigenvalue weighted by atomic mass is 16.5. The van der Waals surface area contributed by atoms with E-state index in [9.17, 15) is 4.79 Å². The third-order valence-corrected chi connectivity index (χ3v) is 3.55. The maximum atomic E-state index is 12.3. The summed E-state index contributed by atoms with van der Waals surface area (Å²) in [7, 11) is 0. The van der Waals surface area contributed by atoms with Crippen LogP contribution in [0.5, 0.6) is 0 Å². The number of rotatable bonds is 4. The lowest BCUT2D eigenvalue weighted by Gasteiger charge is -2.40. The van der Waals surface area contributed by atoms with Crippen molar-refractivity contribution in [3.63, 3.8) is 0 Å². The van der Waals surface area contributed by atoms with Gasteiger partial charge in [0.2, 0.25) is 0 Å². The van der Waals surface area contributed by atoms with Crippen LogP contribution in [0.15, 0.2) is 0 Å². The average molecular weight is 241 g/mol. The van der Waals surface area contributed by atoms with Crippen LogP contribution in [-0.4, -0.2) is 48.8 Å². The quantitative estimate of drug-likeness (QED) is 0.747. The molecule has 1 heterocycles. The highest BCUT2D eigenvalue weighted by molar-refractivity contribution is 5.81. The molecule has 0 aromatic carbocycles. The molecule has 17 heavy (non-hydrogen) atoms. The van der Waals surface area contributed by atoms with E-state index in [4.69, 9.17) is 9.47 Å². The minimum absolute atomic E-state index is 0.106. The van der Waals surface area contributed by atoms with Gasteiger partial charge in [0.05, 0.1) is 31.9 Å².